The third-order valence-corrected chi connectivity index (χ3v) is 6.49. The summed E-state index contributed by atoms with van der Waals surface area (Å²) in [7, 11) is 2.03. The van der Waals surface area contributed by atoms with E-state index in [1.807, 2.05) is 49.5 Å². The molecule has 2 aromatic carbocycles. The lowest BCUT2D eigenvalue weighted by Gasteiger charge is -2.34. The molecule has 7 nitrogen and oxygen atoms in total. The quantitative estimate of drug-likeness (QED) is 0.705. The van der Waals surface area contributed by atoms with E-state index in [9.17, 15) is 4.79 Å². The Bertz CT molecular complexity index is 1100. The number of hydrogen-bond donors (Lipinski definition) is 1. The summed E-state index contributed by atoms with van der Waals surface area (Å²) in [6, 6.07) is 13.7. The Kier molecular flexibility index (Phi) is 5.28. The van der Waals surface area contributed by atoms with Gasteiger partial charge in [-0.25, -0.2) is 4.98 Å². The Hall–Kier alpha value is -3.06. The van der Waals surface area contributed by atoms with E-state index in [1.165, 1.54) is 0 Å². The second-order valence-electron chi connectivity index (χ2n) is 8.30. The molecule has 1 atom stereocenters. The Morgan fingerprint density at radius 3 is 2.77 bits per heavy atom. The number of carbonyl (C=O) groups is 1. The average Bonchev–Trinajstić information content (AvgIpc) is 3.15. The molecule has 5 rings (SSSR count). The van der Waals surface area contributed by atoms with Crippen molar-refractivity contribution in [3.63, 3.8) is 0 Å². The summed E-state index contributed by atoms with van der Waals surface area (Å²) < 4.78 is 7.83. The molecule has 1 amide bonds. The summed E-state index contributed by atoms with van der Waals surface area (Å²) in [4.78, 5) is 22.7. The maximum atomic E-state index is 13.1. The van der Waals surface area contributed by atoms with Crippen molar-refractivity contribution in [1.29, 1.82) is 0 Å². The molecule has 162 valence electrons. The van der Waals surface area contributed by atoms with Crippen LogP contribution in [0.5, 0.6) is 5.75 Å². The van der Waals surface area contributed by atoms with Crippen molar-refractivity contribution < 1.29 is 9.53 Å². The van der Waals surface area contributed by atoms with Crippen LogP contribution in [0.25, 0.3) is 11.0 Å². The van der Waals surface area contributed by atoms with Gasteiger partial charge in [-0.05, 0) is 30.8 Å². The molecule has 0 aliphatic carbocycles. The molecule has 2 aliphatic rings. The van der Waals surface area contributed by atoms with Crippen molar-refractivity contribution in [2.24, 2.45) is 7.05 Å². The zero-order valence-corrected chi connectivity index (χ0v) is 18.2. The smallest absolute Gasteiger partial charge is 0.251 e. The number of rotatable bonds is 4. The van der Waals surface area contributed by atoms with E-state index in [4.69, 9.17) is 9.72 Å². The molecule has 1 aromatic heterocycles. The molecule has 31 heavy (non-hydrogen) atoms. The number of nitrogens with zero attached hydrogens (tertiary/aromatic N) is 4. The minimum Gasteiger partial charge on any atom is -0.493 e. The van der Waals surface area contributed by atoms with Crippen LogP contribution < -0.4 is 15.0 Å². The molecule has 0 unspecified atom stereocenters. The second kappa shape index (κ2) is 8.23. The van der Waals surface area contributed by atoms with Crippen LogP contribution in [0.4, 0.5) is 5.95 Å². The summed E-state index contributed by atoms with van der Waals surface area (Å²) >= 11 is 0. The predicted molar refractivity (Wildman–Crippen MR) is 122 cm³/mol. The van der Waals surface area contributed by atoms with Crippen molar-refractivity contribution >= 4 is 22.9 Å². The number of aryl methyl sites for hydroxylation is 1. The third-order valence-electron chi connectivity index (χ3n) is 6.49. The number of ether oxygens (including phenoxy) is 1. The number of benzene rings is 2. The van der Waals surface area contributed by atoms with Gasteiger partial charge >= 0.3 is 0 Å². The molecule has 1 saturated heterocycles. The predicted octanol–water partition coefficient (Wildman–Crippen LogP) is 2.97. The first-order chi connectivity index (χ1) is 15.1. The summed E-state index contributed by atoms with van der Waals surface area (Å²) in [5.41, 5.74) is 3.59. The standard InChI is InChI=1S/C24H29N5O2/c1-3-28-11-13-29(14-12-28)24-26-20-9-8-17(16-21(20)27(24)2)23(30)25-19-10-15-31-22-7-5-4-6-18(19)22/h4-9,16,19H,3,10-15H2,1-2H3,(H,25,30)/t19-/m0/s1. The number of likely N-dealkylation sites (N-methyl/N-ethyl adjacent to an activating group) is 1. The van der Waals surface area contributed by atoms with Gasteiger partial charge in [0.15, 0.2) is 0 Å². The van der Waals surface area contributed by atoms with E-state index in [1.54, 1.807) is 0 Å². The number of aromatic nitrogens is 2. The molecule has 1 fully saturated rings. The van der Waals surface area contributed by atoms with Crippen LogP contribution >= 0.6 is 0 Å². The SMILES string of the molecule is CCN1CCN(c2nc3ccc(C(=O)N[C@H]4CCOc5ccccc54)cc3n2C)CC1. The van der Waals surface area contributed by atoms with Gasteiger partial charge in [0.2, 0.25) is 5.95 Å². The Morgan fingerprint density at radius 1 is 1.16 bits per heavy atom. The molecule has 1 N–H and O–H groups in total. The number of fused-ring (bicyclic) bond motifs is 2. The monoisotopic (exact) mass is 419 g/mol. The van der Waals surface area contributed by atoms with E-state index in [0.29, 0.717) is 12.2 Å². The van der Waals surface area contributed by atoms with Crippen molar-refractivity contribution in [3.05, 3.63) is 53.6 Å². The summed E-state index contributed by atoms with van der Waals surface area (Å²) in [5, 5.41) is 3.19. The number of anilines is 1. The van der Waals surface area contributed by atoms with E-state index in [2.05, 4.69) is 26.6 Å². The highest BCUT2D eigenvalue weighted by molar-refractivity contribution is 5.98. The Morgan fingerprint density at radius 2 is 1.97 bits per heavy atom. The van der Waals surface area contributed by atoms with Gasteiger partial charge in [0.1, 0.15) is 5.75 Å². The van der Waals surface area contributed by atoms with Crippen molar-refractivity contribution in [1.82, 2.24) is 19.8 Å². The van der Waals surface area contributed by atoms with Crippen LogP contribution in [0.15, 0.2) is 42.5 Å². The minimum atomic E-state index is -0.0667. The number of imidazole rings is 1. The molecule has 0 saturated carbocycles. The van der Waals surface area contributed by atoms with Crippen molar-refractivity contribution in [2.75, 3.05) is 44.2 Å². The first-order valence-electron chi connectivity index (χ1n) is 11.1. The highest BCUT2D eigenvalue weighted by atomic mass is 16.5. The first kappa shape index (κ1) is 19.9. The van der Waals surface area contributed by atoms with E-state index >= 15 is 0 Å². The second-order valence-corrected chi connectivity index (χ2v) is 8.30. The highest BCUT2D eigenvalue weighted by Crippen LogP contribution is 2.32. The maximum absolute atomic E-state index is 13.1. The van der Waals surface area contributed by atoms with E-state index < -0.39 is 0 Å². The van der Waals surface area contributed by atoms with Crippen LogP contribution in [0.3, 0.4) is 0 Å². The molecule has 3 aromatic rings. The largest absolute Gasteiger partial charge is 0.493 e. The number of hydrogen-bond acceptors (Lipinski definition) is 5. The van der Waals surface area contributed by atoms with Crippen LogP contribution in [-0.4, -0.2) is 59.7 Å². The number of para-hydroxylation sites is 1. The minimum absolute atomic E-state index is 0.0369. The van der Waals surface area contributed by atoms with Crippen LogP contribution in [0.2, 0.25) is 0 Å². The molecule has 0 radical (unpaired) electrons. The fourth-order valence-corrected chi connectivity index (χ4v) is 4.60. The van der Waals surface area contributed by atoms with Gasteiger partial charge in [-0.15, -0.1) is 0 Å². The molecule has 0 bridgehead atoms. The van der Waals surface area contributed by atoms with Gasteiger partial charge < -0.3 is 24.4 Å². The van der Waals surface area contributed by atoms with Crippen LogP contribution in [0, 0.1) is 0 Å². The fourth-order valence-electron chi connectivity index (χ4n) is 4.60. The molecule has 3 heterocycles. The van der Waals surface area contributed by atoms with E-state index in [-0.39, 0.29) is 11.9 Å². The lowest BCUT2D eigenvalue weighted by molar-refractivity contribution is 0.0925. The van der Waals surface area contributed by atoms with E-state index in [0.717, 1.165) is 67.4 Å². The molecule has 2 aliphatic heterocycles. The topological polar surface area (TPSA) is 62.6 Å². The lowest BCUT2D eigenvalue weighted by atomic mass is 10.00. The summed E-state index contributed by atoms with van der Waals surface area (Å²) in [6.07, 6.45) is 0.768. The molecule has 7 heteroatoms. The first-order valence-corrected chi connectivity index (χ1v) is 11.1. The van der Waals surface area contributed by atoms with Crippen LogP contribution in [-0.2, 0) is 7.05 Å². The average molecular weight is 420 g/mol. The Labute approximate surface area is 182 Å². The van der Waals surface area contributed by atoms with Crippen LogP contribution in [0.1, 0.15) is 35.3 Å². The van der Waals surface area contributed by atoms with Gasteiger partial charge in [-0.1, -0.05) is 25.1 Å². The number of nitrogens with one attached hydrogen (secondary N) is 1. The van der Waals surface area contributed by atoms with Gasteiger partial charge in [0.05, 0.1) is 23.7 Å². The van der Waals surface area contributed by atoms with Gasteiger partial charge in [-0.2, -0.15) is 0 Å². The number of carbonyl (C=O) groups excluding carboxylic acids is 1. The Balaban J connectivity index is 1.37. The normalized spacial score (nSPS) is 19.2. The van der Waals surface area contributed by atoms with Gasteiger partial charge in [0, 0.05) is 50.8 Å². The van der Waals surface area contributed by atoms with Gasteiger partial charge in [-0.3, -0.25) is 4.79 Å². The van der Waals surface area contributed by atoms with Gasteiger partial charge in [0.25, 0.3) is 5.91 Å². The van der Waals surface area contributed by atoms with Crippen molar-refractivity contribution in [3.8, 4) is 5.75 Å². The zero-order valence-electron chi connectivity index (χ0n) is 18.2. The highest BCUT2D eigenvalue weighted by Gasteiger charge is 2.24. The van der Waals surface area contributed by atoms with Crippen molar-refractivity contribution in [2.45, 2.75) is 19.4 Å². The molecular weight excluding hydrogens is 390 g/mol. The summed E-state index contributed by atoms with van der Waals surface area (Å²) in [6.45, 7) is 7.96. The maximum Gasteiger partial charge on any atom is 0.251 e. The lowest BCUT2D eigenvalue weighted by Crippen LogP contribution is -2.47. The number of piperazine rings is 1. The fraction of sp³-hybridized carbons (Fsp3) is 0.417. The molecular formula is C24H29N5O2. The summed E-state index contributed by atoms with van der Waals surface area (Å²) in [5.74, 6) is 1.76. The third kappa shape index (κ3) is 3.74. The number of amides is 1. The zero-order chi connectivity index (χ0) is 21.4. The molecule has 0 spiro atoms.